The van der Waals surface area contributed by atoms with E-state index in [0.29, 0.717) is 0 Å². The zero-order valence-electron chi connectivity index (χ0n) is 12.8. The van der Waals surface area contributed by atoms with Crippen LogP contribution in [0.15, 0.2) is 36.4 Å². The maximum atomic E-state index is 2.36. The maximum Gasteiger partial charge on any atom is -0.0443 e. The molecule has 0 bridgehead atoms. The molecular formula is C19H32. The summed E-state index contributed by atoms with van der Waals surface area (Å²) >= 11 is 0. The van der Waals surface area contributed by atoms with Gasteiger partial charge < -0.3 is 0 Å². The first-order chi connectivity index (χ1) is 9.39. The normalized spacial score (nSPS) is 19.4. The summed E-state index contributed by atoms with van der Waals surface area (Å²) in [5, 5.41) is 0. The average molecular weight is 260 g/mol. The molecule has 0 spiro atoms. The summed E-state index contributed by atoms with van der Waals surface area (Å²) in [7, 11) is 0. The Hall–Kier alpha value is -0.780. The van der Waals surface area contributed by atoms with E-state index in [1.165, 1.54) is 70.6 Å². The summed E-state index contributed by atoms with van der Waals surface area (Å²) in [5.41, 5.74) is 0. The monoisotopic (exact) mass is 260 g/mol. The second-order valence-corrected chi connectivity index (χ2v) is 6.02. The van der Waals surface area contributed by atoms with Crippen molar-refractivity contribution in [3.8, 4) is 0 Å². The zero-order chi connectivity index (χ0) is 13.6. The highest BCUT2D eigenvalue weighted by molar-refractivity contribution is 4.99. The van der Waals surface area contributed by atoms with Gasteiger partial charge >= 0.3 is 0 Å². The highest BCUT2D eigenvalue weighted by Gasteiger charge is 2.05. The van der Waals surface area contributed by atoms with E-state index < -0.39 is 0 Å². The summed E-state index contributed by atoms with van der Waals surface area (Å²) < 4.78 is 0. The molecule has 0 heterocycles. The fourth-order valence-electron chi connectivity index (χ4n) is 2.75. The number of benzene rings is 1. The molecule has 2 aliphatic rings. The molecule has 0 nitrogen and oxygen atoms in total. The Morgan fingerprint density at radius 1 is 0.474 bits per heavy atom. The first kappa shape index (κ1) is 16.3. The summed E-state index contributed by atoms with van der Waals surface area (Å²) in [5.74, 6) is 1.04. The van der Waals surface area contributed by atoms with Crippen LogP contribution in [0, 0.1) is 5.92 Å². The molecule has 2 aliphatic carbocycles. The van der Waals surface area contributed by atoms with Gasteiger partial charge in [-0.1, -0.05) is 114 Å². The van der Waals surface area contributed by atoms with Crippen LogP contribution in [0.1, 0.15) is 77.6 Å². The van der Waals surface area contributed by atoms with E-state index >= 15 is 0 Å². The minimum atomic E-state index is 1.04. The summed E-state index contributed by atoms with van der Waals surface area (Å²) in [6.07, 6.45) is 16.4. The lowest BCUT2D eigenvalue weighted by Gasteiger charge is -2.15. The van der Waals surface area contributed by atoms with Gasteiger partial charge in [-0.05, 0) is 5.92 Å². The summed E-state index contributed by atoms with van der Waals surface area (Å²) in [6, 6.07) is 12.0. The Morgan fingerprint density at radius 2 is 0.737 bits per heavy atom. The Labute approximate surface area is 120 Å². The van der Waals surface area contributed by atoms with Crippen molar-refractivity contribution in [1.82, 2.24) is 0 Å². The van der Waals surface area contributed by atoms with Gasteiger partial charge in [0.25, 0.3) is 0 Å². The standard InChI is InChI=1S/C7H14.C6H12.C6H6/c1-7-5-3-2-4-6-7;2*1-2-4-6-5-3-1/h7H,2-6H2,1H3;1-6H2;1-6H. The molecule has 0 amide bonds. The highest BCUT2D eigenvalue weighted by atomic mass is 14.1. The molecule has 1 aromatic carbocycles. The molecule has 0 unspecified atom stereocenters. The minimum absolute atomic E-state index is 1.04. The average Bonchev–Trinajstić information content (AvgIpc) is 2.53. The molecular weight excluding hydrogens is 228 g/mol. The van der Waals surface area contributed by atoms with E-state index in [1.54, 1.807) is 0 Å². The molecule has 0 N–H and O–H groups in total. The Kier molecular flexibility index (Phi) is 10.5. The largest absolute Gasteiger partial charge is 0.0625 e. The molecule has 1 aromatic rings. The van der Waals surface area contributed by atoms with Crippen LogP contribution in [0.3, 0.4) is 0 Å². The molecule has 19 heavy (non-hydrogen) atoms. The molecule has 0 radical (unpaired) electrons. The Balaban J connectivity index is 0.000000143. The number of rotatable bonds is 0. The molecule has 108 valence electrons. The van der Waals surface area contributed by atoms with Crippen molar-refractivity contribution < 1.29 is 0 Å². The van der Waals surface area contributed by atoms with Crippen molar-refractivity contribution in [1.29, 1.82) is 0 Å². The highest BCUT2D eigenvalue weighted by Crippen LogP contribution is 2.22. The van der Waals surface area contributed by atoms with Crippen molar-refractivity contribution in [3.63, 3.8) is 0 Å². The Morgan fingerprint density at radius 3 is 0.947 bits per heavy atom. The van der Waals surface area contributed by atoms with Crippen molar-refractivity contribution >= 4 is 0 Å². The predicted octanol–water partition coefficient (Wildman–Crippen LogP) is 6.61. The third-order valence-corrected chi connectivity index (χ3v) is 4.06. The van der Waals surface area contributed by atoms with Crippen LogP contribution in [-0.4, -0.2) is 0 Å². The number of hydrogen-bond acceptors (Lipinski definition) is 0. The second-order valence-electron chi connectivity index (χ2n) is 6.02. The lowest BCUT2D eigenvalue weighted by Crippen LogP contribution is -1.99. The van der Waals surface area contributed by atoms with E-state index in [0.717, 1.165) is 5.92 Å². The minimum Gasteiger partial charge on any atom is -0.0625 e. The smallest absolute Gasteiger partial charge is 0.0443 e. The topological polar surface area (TPSA) is 0 Å². The van der Waals surface area contributed by atoms with Crippen LogP contribution in [0.4, 0.5) is 0 Å². The second kappa shape index (κ2) is 12.3. The van der Waals surface area contributed by atoms with Crippen LogP contribution in [-0.2, 0) is 0 Å². The van der Waals surface area contributed by atoms with Gasteiger partial charge in [-0.2, -0.15) is 0 Å². The molecule has 0 aromatic heterocycles. The van der Waals surface area contributed by atoms with Crippen molar-refractivity contribution in [3.05, 3.63) is 36.4 Å². The first-order valence-corrected chi connectivity index (χ1v) is 8.39. The summed E-state index contributed by atoms with van der Waals surface area (Å²) in [6.45, 7) is 2.36. The molecule has 0 saturated heterocycles. The third-order valence-electron chi connectivity index (χ3n) is 4.06. The van der Waals surface area contributed by atoms with Crippen LogP contribution < -0.4 is 0 Å². The molecule has 0 atom stereocenters. The SMILES string of the molecule is C1CCCCC1.CC1CCCCC1.c1ccccc1. The van der Waals surface area contributed by atoms with Gasteiger partial charge in [0.15, 0.2) is 0 Å². The summed E-state index contributed by atoms with van der Waals surface area (Å²) in [4.78, 5) is 0. The van der Waals surface area contributed by atoms with Gasteiger partial charge in [-0.25, -0.2) is 0 Å². The maximum absolute atomic E-state index is 2.36. The van der Waals surface area contributed by atoms with E-state index in [1.807, 2.05) is 36.4 Å². The number of hydrogen-bond donors (Lipinski definition) is 0. The molecule has 0 heteroatoms. The van der Waals surface area contributed by atoms with Gasteiger partial charge in [0, 0.05) is 0 Å². The quantitative estimate of drug-likeness (QED) is 0.492. The van der Waals surface area contributed by atoms with E-state index in [-0.39, 0.29) is 0 Å². The van der Waals surface area contributed by atoms with Crippen LogP contribution in [0.5, 0.6) is 0 Å². The lowest BCUT2D eigenvalue weighted by atomic mass is 9.91. The fraction of sp³-hybridized carbons (Fsp3) is 0.684. The van der Waals surface area contributed by atoms with Crippen LogP contribution in [0.2, 0.25) is 0 Å². The Bertz CT molecular complexity index is 216. The van der Waals surface area contributed by atoms with Gasteiger partial charge in [-0.3, -0.25) is 0 Å². The molecule has 2 fully saturated rings. The van der Waals surface area contributed by atoms with E-state index in [9.17, 15) is 0 Å². The zero-order valence-corrected chi connectivity index (χ0v) is 12.8. The van der Waals surface area contributed by atoms with Gasteiger partial charge in [0.05, 0.1) is 0 Å². The van der Waals surface area contributed by atoms with Crippen molar-refractivity contribution in [2.24, 2.45) is 5.92 Å². The van der Waals surface area contributed by atoms with Gasteiger partial charge in [-0.15, -0.1) is 0 Å². The van der Waals surface area contributed by atoms with Gasteiger partial charge in [0.1, 0.15) is 0 Å². The fourth-order valence-corrected chi connectivity index (χ4v) is 2.75. The molecule has 3 rings (SSSR count). The third kappa shape index (κ3) is 10.8. The van der Waals surface area contributed by atoms with Crippen molar-refractivity contribution in [2.45, 2.75) is 77.6 Å². The van der Waals surface area contributed by atoms with E-state index in [2.05, 4.69) is 6.92 Å². The van der Waals surface area contributed by atoms with Crippen LogP contribution in [0.25, 0.3) is 0 Å². The molecule has 0 aliphatic heterocycles. The molecule has 2 saturated carbocycles. The first-order valence-electron chi connectivity index (χ1n) is 8.39. The van der Waals surface area contributed by atoms with Gasteiger partial charge in [0.2, 0.25) is 0 Å². The van der Waals surface area contributed by atoms with Crippen molar-refractivity contribution in [2.75, 3.05) is 0 Å². The van der Waals surface area contributed by atoms with Crippen LogP contribution >= 0.6 is 0 Å². The predicted molar refractivity (Wildman–Crippen MR) is 86.4 cm³/mol. The lowest BCUT2D eigenvalue weighted by molar-refractivity contribution is 0.385. The van der Waals surface area contributed by atoms with E-state index in [4.69, 9.17) is 0 Å².